The van der Waals surface area contributed by atoms with Crippen LogP contribution in [-0.2, 0) is 16.2 Å². The van der Waals surface area contributed by atoms with Crippen LogP contribution in [0, 0.1) is 0 Å². The topological polar surface area (TPSA) is 24.3 Å². The molecule has 0 saturated heterocycles. The number of hydrogen-bond donors (Lipinski definition) is 0. The molecule has 2 aromatic heterocycles. The molecule has 0 N–H and O–H groups in total. The number of aromatic nitrogens is 2. The van der Waals surface area contributed by atoms with Gasteiger partial charge in [-0.05, 0) is 92.7 Å². The van der Waals surface area contributed by atoms with Crippen LogP contribution in [0.5, 0.6) is 0 Å². The zero-order valence-electron chi connectivity index (χ0n) is 48.0. The van der Waals surface area contributed by atoms with E-state index in [0.717, 1.165) is 55.7 Å². The Labute approximate surface area is 388 Å². The average Bonchev–Trinajstić information content (AvgIpc) is 3.93. The Bertz CT molecular complexity index is 3660. The van der Waals surface area contributed by atoms with Gasteiger partial charge < -0.3 is 9.80 Å². The van der Waals surface area contributed by atoms with Gasteiger partial charge in [0.1, 0.15) is 12.5 Å². The lowest BCUT2D eigenvalue weighted by Crippen LogP contribution is -2.27. The maximum Gasteiger partial charge on any atom is 0.137 e. The highest BCUT2D eigenvalue weighted by molar-refractivity contribution is 6.09. The molecule has 0 fully saturated rings. The molecule has 10 rings (SSSR count). The Morgan fingerprint density at radius 2 is 1.08 bits per heavy atom. The van der Waals surface area contributed by atoms with Crippen molar-refractivity contribution in [2.24, 2.45) is 0 Å². The number of anilines is 4. The fourth-order valence-electron chi connectivity index (χ4n) is 8.90. The van der Waals surface area contributed by atoms with Gasteiger partial charge in [-0.2, -0.15) is 0 Å². The number of hydrogen-bond acceptors (Lipinski definition) is 3. The van der Waals surface area contributed by atoms with Crippen molar-refractivity contribution >= 4 is 44.6 Å². The van der Waals surface area contributed by atoms with E-state index in [9.17, 15) is 0 Å². The molecule has 312 valence electrons. The molecule has 63 heavy (non-hydrogen) atoms. The number of pyridine rings is 1. The van der Waals surface area contributed by atoms with Crippen molar-refractivity contribution < 1.29 is 15.1 Å². The van der Waals surface area contributed by atoms with Gasteiger partial charge in [0.2, 0.25) is 0 Å². The largest absolute Gasteiger partial charge is 0.321 e. The summed E-state index contributed by atoms with van der Waals surface area (Å²) in [6.45, 7) is 17.7. The third-order valence-corrected chi connectivity index (χ3v) is 12.6. The number of para-hydroxylation sites is 4. The molecule has 3 heterocycles. The number of benzene rings is 7. The minimum atomic E-state index is -0.585. The molecule has 0 amide bonds. The molecule has 7 aromatic carbocycles. The summed E-state index contributed by atoms with van der Waals surface area (Å²) in [5, 5.41) is 2.25. The zero-order chi connectivity index (χ0) is 53.2. The molecular formula is C59H56N4. The first-order chi connectivity index (χ1) is 34.8. The van der Waals surface area contributed by atoms with Crippen LogP contribution in [0.3, 0.4) is 0 Å². The summed E-state index contributed by atoms with van der Waals surface area (Å²) >= 11 is 0. The molecule has 4 heteroatoms. The first-order valence-electron chi connectivity index (χ1n) is 26.9. The summed E-state index contributed by atoms with van der Waals surface area (Å²) in [7, 11) is 0. The molecule has 1 aliphatic heterocycles. The SMILES string of the molecule is [2H]c1cc(-c2c([2H])c([2H])c([2H])c([2H])c2[2H])c(N2CN(c3cc(C(C)(C)C)cc(C(C)(C)c4ccc5c6ccccc6n(-c6cc(C(C)(C)C)ccn6)c5c4)c3)c3ccccc32)c(-c2c([2H])c([2H])c([2H])c([2H])c2[2H])c1. The van der Waals surface area contributed by atoms with E-state index in [1.807, 2.05) is 35.4 Å². The van der Waals surface area contributed by atoms with Crippen molar-refractivity contribution in [1.29, 1.82) is 0 Å². The van der Waals surface area contributed by atoms with Crippen LogP contribution in [0.1, 0.15) is 92.7 Å². The Morgan fingerprint density at radius 3 is 1.73 bits per heavy atom. The van der Waals surface area contributed by atoms with E-state index in [1.165, 1.54) is 17.7 Å². The van der Waals surface area contributed by atoms with Gasteiger partial charge in [-0.15, -0.1) is 0 Å². The van der Waals surface area contributed by atoms with E-state index in [4.69, 9.17) is 20.1 Å². The molecule has 9 aromatic rings. The smallest absolute Gasteiger partial charge is 0.137 e. The maximum atomic E-state index is 9.15. The maximum absolute atomic E-state index is 9.15. The van der Waals surface area contributed by atoms with Crippen molar-refractivity contribution in [3.63, 3.8) is 0 Å². The third kappa shape index (κ3) is 7.08. The van der Waals surface area contributed by atoms with E-state index < -0.39 is 65.8 Å². The van der Waals surface area contributed by atoms with Gasteiger partial charge in [0, 0.05) is 39.2 Å². The Balaban J connectivity index is 1.18. The van der Waals surface area contributed by atoms with Crippen LogP contribution < -0.4 is 9.80 Å². The van der Waals surface area contributed by atoms with Crippen LogP contribution in [0.4, 0.5) is 22.7 Å². The third-order valence-electron chi connectivity index (χ3n) is 12.6. The quantitative estimate of drug-likeness (QED) is 0.160. The van der Waals surface area contributed by atoms with E-state index in [2.05, 4.69) is 138 Å². The zero-order valence-corrected chi connectivity index (χ0v) is 37.0. The van der Waals surface area contributed by atoms with E-state index >= 15 is 0 Å². The van der Waals surface area contributed by atoms with Crippen LogP contribution in [0.2, 0.25) is 0 Å². The van der Waals surface area contributed by atoms with Gasteiger partial charge in [0.05, 0.1) is 43.2 Å². The lowest BCUT2D eigenvalue weighted by Gasteiger charge is -2.32. The minimum absolute atomic E-state index is 0.0753. The Morgan fingerprint density at radius 1 is 0.492 bits per heavy atom. The van der Waals surface area contributed by atoms with Gasteiger partial charge in [-0.25, -0.2) is 4.98 Å². The molecule has 4 nitrogen and oxygen atoms in total. The number of rotatable bonds is 7. The van der Waals surface area contributed by atoms with Gasteiger partial charge in [0.25, 0.3) is 0 Å². The summed E-state index contributed by atoms with van der Waals surface area (Å²) in [4.78, 5) is 8.97. The van der Waals surface area contributed by atoms with E-state index in [1.54, 1.807) is 0 Å². The van der Waals surface area contributed by atoms with Crippen LogP contribution >= 0.6 is 0 Å². The highest BCUT2D eigenvalue weighted by atomic mass is 15.4. The highest BCUT2D eigenvalue weighted by Gasteiger charge is 2.34. The summed E-state index contributed by atoms with van der Waals surface area (Å²) in [5.41, 5.74) is 7.78. The monoisotopic (exact) mass is 832 g/mol. The van der Waals surface area contributed by atoms with Crippen molar-refractivity contribution in [3.05, 3.63) is 204 Å². The number of fused-ring (bicyclic) bond motifs is 4. The standard InChI is InChI=1S/C59H56N4/c1-57(2,3)42-32-33-60-55(38-42)63-51-27-16-15-24-49(51)50-31-30-43(37-54(50)63)59(7,8)45-34-44(58(4,5)6)35-46(36-45)61-39-62(53-29-18-17-28-52(53)61)56-47(40-20-11-9-12-21-40)25-19-26-48(56)41-22-13-10-14-23-41/h9-38H,39H2,1-8H3/i9D,10D,11D,12D,13D,14D,19D,20D,21D,22D,23D. The predicted octanol–water partition coefficient (Wildman–Crippen LogP) is 15.7. The molecule has 0 saturated carbocycles. The van der Waals surface area contributed by atoms with Gasteiger partial charge in [-0.3, -0.25) is 4.57 Å². The molecule has 0 aliphatic carbocycles. The Hall–Kier alpha value is -6.91. The highest BCUT2D eigenvalue weighted by Crippen LogP contribution is 2.51. The predicted molar refractivity (Wildman–Crippen MR) is 267 cm³/mol. The van der Waals surface area contributed by atoms with Crippen molar-refractivity contribution in [1.82, 2.24) is 9.55 Å². The molecule has 0 spiro atoms. The summed E-state index contributed by atoms with van der Waals surface area (Å²) in [6, 6.07) is 30.9. The van der Waals surface area contributed by atoms with Crippen LogP contribution in [-0.4, -0.2) is 16.2 Å². The van der Waals surface area contributed by atoms with Gasteiger partial charge >= 0.3 is 0 Å². The fraction of sp³-hybridized carbons (Fsp3) is 0.203. The molecule has 0 unspecified atom stereocenters. The second-order valence-corrected chi connectivity index (χ2v) is 19.0. The number of nitrogens with zero attached hydrogens (tertiary/aromatic N) is 4. The molecular weight excluding hydrogens is 765 g/mol. The normalized spacial score (nSPS) is 15.7. The lowest BCUT2D eigenvalue weighted by molar-refractivity contribution is 0.582. The van der Waals surface area contributed by atoms with Gasteiger partial charge in [-0.1, -0.05) is 183 Å². The second-order valence-electron chi connectivity index (χ2n) is 19.0. The fourth-order valence-corrected chi connectivity index (χ4v) is 8.90. The molecule has 0 radical (unpaired) electrons. The lowest BCUT2D eigenvalue weighted by atomic mass is 9.75. The van der Waals surface area contributed by atoms with E-state index in [0.29, 0.717) is 5.69 Å². The molecule has 0 bridgehead atoms. The summed E-state index contributed by atoms with van der Waals surface area (Å²) in [6.07, 6.45) is 1.89. The van der Waals surface area contributed by atoms with Crippen molar-refractivity contribution in [2.75, 3.05) is 16.5 Å². The second kappa shape index (κ2) is 15.2. The van der Waals surface area contributed by atoms with Crippen LogP contribution in [0.25, 0.3) is 49.9 Å². The molecule has 1 aliphatic rings. The van der Waals surface area contributed by atoms with Crippen molar-refractivity contribution in [3.8, 4) is 28.1 Å². The average molecular weight is 832 g/mol. The first-order valence-corrected chi connectivity index (χ1v) is 21.4. The Kier molecular flexibility index (Phi) is 7.08. The summed E-state index contributed by atoms with van der Waals surface area (Å²) < 4.78 is 99.5. The molecule has 0 atom stereocenters. The minimum Gasteiger partial charge on any atom is -0.321 e. The first kappa shape index (κ1) is 29.4. The van der Waals surface area contributed by atoms with Crippen molar-refractivity contribution in [2.45, 2.75) is 71.6 Å². The van der Waals surface area contributed by atoms with Crippen LogP contribution in [0.15, 0.2) is 182 Å². The van der Waals surface area contributed by atoms with E-state index in [-0.39, 0.29) is 51.5 Å². The van der Waals surface area contributed by atoms with Gasteiger partial charge in [0.15, 0.2) is 0 Å². The summed E-state index contributed by atoms with van der Waals surface area (Å²) in [5.74, 6) is 0.842.